The number of thiophene rings is 1. The fraction of sp³-hybridized carbons (Fsp3) is 0.588. The highest BCUT2D eigenvalue weighted by Crippen LogP contribution is 2.35. The smallest absolute Gasteiger partial charge is 0.348 e. The molecule has 1 aromatic rings. The van der Waals surface area contributed by atoms with Crippen LogP contribution in [0.1, 0.15) is 38.4 Å². The molecule has 8 nitrogen and oxygen atoms in total. The number of esters is 2. The van der Waals surface area contributed by atoms with E-state index in [1.165, 1.54) is 14.2 Å². The molecule has 2 fully saturated rings. The highest BCUT2D eigenvalue weighted by Gasteiger charge is 2.40. The van der Waals surface area contributed by atoms with Crippen molar-refractivity contribution < 1.29 is 28.5 Å². The normalized spacial score (nSPS) is 18.4. The van der Waals surface area contributed by atoms with Crippen LogP contribution in [-0.4, -0.2) is 68.3 Å². The number of rotatable bonds is 3. The SMILES string of the molecule is COC(=O)c1sc(NC(=S)N2CCC3(CC2)OCCO3)c(C(=O)OC)c1C. The molecule has 3 rings (SSSR count). The van der Waals surface area contributed by atoms with Gasteiger partial charge in [0.2, 0.25) is 0 Å². The molecule has 2 saturated heterocycles. The molecule has 1 spiro atoms. The molecule has 0 radical (unpaired) electrons. The highest BCUT2D eigenvalue weighted by molar-refractivity contribution is 7.80. The molecule has 27 heavy (non-hydrogen) atoms. The van der Waals surface area contributed by atoms with E-state index in [1.54, 1.807) is 6.92 Å². The number of likely N-dealkylation sites (tertiary alicyclic amines) is 1. The number of hydrogen-bond acceptors (Lipinski definition) is 8. The number of methoxy groups -OCH3 is 2. The number of carbonyl (C=O) groups is 2. The zero-order chi connectivity index (χ0) is 19.6. The van der Waals surface area contributed by atoms with Crippen molar-refractivity contribution in [3.63, 3.8) is 0 Å². The van der Waals surface area contributed by atoms with Crippen LogP contribution in [-0.2, 0) is 18.9 Å². The summed E-state index contributed by atoms with van der Waals surface area (Å²) in [5.41, 5.74) is 0.801. The van der Waals surface area contributed by atoms with Crippen LogP contribution in [0.2, 0.25) is 0 Å². The fourth-order valence-corrected chi connectivity index (χ4v) is 4.71. The molecule has 148 valence electrons. The maximum atomic E-state index is 12.2. The molecule has 2 aliphatic rings. The van der Waals surface area contributed by atoms with Gasteiger partial charge in [-0.05, 0) is 24.7 Å². The van der Waals surface area contributed by atoms with E-state index in [0.717, 1.165) is 24.2 Å². The Morgan fingerprint density at radius 2 is 1.74 bits per heavy atom. The summed E-state index contributed by atoms with van der Waals surface area (Å²) >= 11 is 6.64. The summed E-state index contributed by atoms with van der Waals surface area (Å²) in [6, 6.07) is 0. The van der Waals surface area contributed by atoms with Crippen LogP contribution < -0.4 is 5.32 Å². The summed E-state index contributed by atoms with van der Waals surface area (Å²) in [5.74, 6) is -1.52. The Hall–Kier alpha value is -1.75. The van der Waals surface area contributed by atoms with E-state index >= 15 is 0 Å². The van der Waals surface area contributed by atoms with Gasteiger partial charge in [-0.3, -0.25) is 0 Å². The van der Waals surface area contributed by atoms with Crippen molar-refractivity contribution in [1.82, 2.24) is 4.90 Å². The van der Waals surface area contributed by atoms with E-state index in [2.05, 4.69) is 5.32 Å². The molecule has 0 atom stereocenters. The Morgan fingerprint density at radius 1 is 1.15 bits per heavy atom. The van der Waals surface area contributed by atoms with Crippen molar-refractivity contribution in [2.24, 2.45) is 0 Å². The molecular weight excluding hydrogens is 392 g/mol. The standard InChI is InChI=1S/C17H22N2O6S2/c1-10-11(14(20)22-2)13(27-12(10)15(21)23-3)18-16(26)19-6-4-17(5-7-19)24-8-9-25-17/h4-9H2,1-3H3,(H,18,26). The third-order valence-corrected chi connectivity index (χ3v) is 6.30. The zero-order valence-electron chi connectivity index (χ0n) is 15.5. The van der Waals surface area contributed by atoms with Gasteiger partial charge in [0.25, 0.3) is 0 Å². The Kier molecular flexibility index (Phi) is 5.99. The number of nitrogens with zero attached hydrogens (tertiary/aromatic N) is 1. The number of thiocarbonyl (C=S) groups is 1. The summed E-state index contributed by atoms with van der Waals surface area (Å²) < 4.78 is 21.1. The van der Waals surface area contributed by atoms with Gasteiger partial charge in [0.05, 0.1) is 33.0 Å². The third-order valence-electron chi connectivity index (χ3n) is 4.75. The molecule has 3 heterocycles. The van der Waals surface area contributed by atoms with Crippen molar-refractivity contribution in [2.45, 2.75) is 25.6 Å². The Balaban J connectivity index is 1.75. The lowest BCUT2D eigenvalue weighted by Gasteiger charge is -2.38. The predicted octanol–water partition coefficient (Wildman–Crippen LogP) is 2.17. The van der Waals surface area contributed by atoms with Crippen molar-refractivity contribution >= 4 is 45.6 Å². The highest BCUT2D eigenvalue weighted by atomic mass is 32.1. The van der Waals surface area contributed by atoms with Crippen LogP contribution in [0.5, 0.6) is 0 Å². The Labute approximate surface area is 166 Å². The van der Waals surface area contributed by atoms with E-state index in [1.807, 2.05) is 4.90 Å². The molecular formula is C17H22N2O6S2. The van der Waals surface area contributed by atoms with Gasteiger partial charge in [0, 0.05) is 25.9 Å². The minimum absolute atomic E-state index is 0.293. The number of carbonyl (C=O) groups excluding carboxylic acids is 2. The third kappa shape index (κ3) is 3.93. The van der Waals surface area contributed by atoms with Gasteiger partial charge in [-0.2, -0.15) is 0 Å². The summed E-state index contributed by atoms with van der Waals surface area (Å²) in [5, 5.41) is 4.05. The molecule has 1 N–H and O–H groups in total. The predicted molar refractivity (Wildman–Crippen MR) is 103 cm³/mol. The van der Waals surface area contributed by atoms with Crippen LogP contribution in [0.25, 0.3) is 0 Å². The number of piperidine rings is 1. The molecule has 2 aliphatic heterocycles. The van der Waals surface area contributed by atoms with E-state index in [4.69, 9.17) is 31.2 Å². The molecule has 0 aliphatic carbocycles. The van der Waals surface area contributed by atoms with Crippen molar-refractivity contribution in [3.8, 4) is 0 Å². The molecule has 0 saturated carbocycles. The summed E-state index contributed by atoms with van der Waals surface area (Å²) in [6.45, 7) is 4.27. The molecule has 1 aromatic heterocycles. The van der Waals surface area contributed by atoms with Crippen LogP contribution in [0.15, 0.2) is 0 Å². The van der Waals surface area contributed by atoms with Crippen molar-refractivity contribution in [3.05, 3.63) is 16.0 Å². The fourth-order valence-electron chi connectivity index (χ4n) is 3.25. The lowest BCUT2D eigenvalue weighted by Crippen LogP contribution is -2.48. The maximum Gasteiger partial charge on any atom is 0.348 e. The van der Waals surface area contributed by atoms with Crippen LogP contribution in [0, 0.1) is 6.92 Å². The van der Waals surface area contributed by atoms with Gasteiger partial charge in [0.15, 0.2) is 10.9 Å². The van der Waals surface area contributed by atoms with E-state index in [-0.39, 0.29) is 0 Å². The van der Waals surface area contributed by atoms with Gasteiger partial charge in [-0.1, -0.05) is 0 Å². The number of hydrogen-bond donors (Lipinski definition) is 1. The summed E-state index contributed by atoms with van der Waals surface area (Å²) in [4.78, 5) is 26.5. The first kappa shape index (κ1) is 20.0. The van der Waals surface area contributed by atoms with Crippen molar-refractivity contribution in [1.29, 1.82) is 0 Å². The largest absolute Gasteiger partial charge is 0.465 e. The van der Waals surface area contributed by atoms with Crippen LogP contribution in [0.3, 0.4) is 0 Å². The molecule has 0 amide bonds. The van der Waals surface area contributed by atoms with E-state index in [0.29, 0.717) is 52.4 Å². The Morgan fingerprint density at radius 3 is 2.30 bits per heavy atom. The average Bonchev–Trinajstić information content (AvgIpc) is 3.25. The van der Waals surface area contributed by atoms with Gasteiger partial charge < -0.3 is 29.2 Å². The second-order valence-electron chi connectivity index (χ2n) is 6.27. The molecule has 0 bridgehead atoms. The minimum Gasteiger partial charge on any atom is -0.465 e. The lowest BCUT2D eigenvalue weighted by molar-refractivity contribution is -0.180. The van der Waals surface area contributed by atoms with Crippen molar-refractivity contribution in [2.75, 3.05) is 45.8 Å². The molecule has 10 heteroatoms. The molecule has 0 aromatic carbocycles. The first-order valence-electron chi connectivity index (χ1n) is 8.54. The number of anilines is 1. The van der Waals surface area contributed by atoms with E-state index in [9.17, 15) is 9.59 Å². The van der Waals surface area contributed by atoms with Gasteiger partial charge in [-0.15, -0.1) is 11.3 Å². The summed E-state index contributed by atoms with van der Waals surface area (Å²) in [6.07, 6.45) is 1.44. The number of nitrogens with one attached hydrogen (secondary N) is 1. The van der Waals surface area contributed by atoms with Crippen LogP contribution >= 0.6 is 23.6 Å². The summed E-state index contributed by atoms with van der Waals surface area (Å²) in [7, 11) is 2.60. The van der Waals surface area contributed by atoms with E-state index < -0.39 is 17.7 Å². The Bertz CT molecular complexity index is 747. The monoisotopic (exact) mass is 414 g/mol. The minimum atomic E-state index is -0.533. The second kappa shape index (κ2) is 8.09. The zero-order valence-corrected chi connectivity index (χ0v) is 17.1. The van der Waals surface area contributed by atoms with Gasteiger partial charge >= 0.3 is 11.9 Å². The first-order chi connectivity index (χ1) is 12.9. The van der Waals surface area contributed by atoms with Crippen LogP contribution in [0.4, 0.5) is 5.00 Å². The second-order valence-corrected chi connectivity index (χ2v) is 7.68. The van der Waals surface area contributed by atoms with Gasteiger partial charge in [-0.25, -0.2) is 9.59 Å². The lowest BCUT2D eigenvalue weighted by atomic mass is 10.0. The quantitative estimate of drug-likeness (QED) is 0.591. The van der Waals surface area contributed by atoms with Gasteiger partial charge in [0.1, 0.15) is 9.88 Å². The number of ether oxygens (including phenoxy) is 4. The molecule has 0 unspecified atom stereocenters. The maximum absolute atomic E-state index is 12.2. The topological polar surface area (TPSA) is 86.3 Å². The first-order valence-corrected chi connectivity index (χ1v) is 9.77. The average molecular weight is 415 g/mol.